The van der Waals surface area contributed by atoms with Crippen molar-refractivity contribution in [2.75, 3.05) is 0 Å². The van der Waals surface area contributed by atoms with Gasteiger partial charge in [-0.1, -0.05) is 42.5 Å². The molecule has 2 aromatic carbocycles. The van der Waals surface area contributed by atoms with Crippen LogP contribution in [0.1, 0.15) is 18.1 Å². The van der Waals surface area contributed by atoms with Crippen LogP contribution in [0.5, 0.6) is 5.75 Å². The molecule has 1 aliphatic rings. The molecule has 2 nitrogen and oxygen atoms in total. The molecule has 0 bridgehead atoms. The summed E-state index contributed by atoms with van der Waals surface area (Å²) < 4.78 is 8.40. The largest absolute Gasteiger partial charge is 0.488 e. The molecule has 4 rings (SSSR count). The molecule has 3 aromatic rings. The topological polar surface area (TPSA) is 14.2 Å². The van der Waals surface area contributed by atoms with Crippen molar-refractivity contribution < 1.29 is 4.74 Å². The van der Waals surface area contributed by atoms with Crippen molar-refractivity contribution in [3.8, 4) is 28.3 Å². The summed E-state index contributed by atoms with van der Waals surface area (Å²) in [6.07, 6.45) is 0. The van der Waals surface area contributed by atoms with Gasteiger partial charge in [-0.2, -0.15) is 0 Å². The Morgan fingerprint density at radius 3 is 2.45 bits per heavy atom. The van der Waals surface area contributed by atoms with E-state index < -0.39 is 0 Å². The van der Waals surface area contributed by atoms with Gasteiger partial charge in [-0.15, -0.1) is 0 Å². The lowest BCUT2D eigenvalue weighted by Crippen LogP contribution is -2.08. The van der Waals surface area contributed by atoms with E-state index in [4.69, 9.17) is 4.74 Å². The van der Waals surface area contributed by atoms with Crippen molar-refractivity contribution in [3.05, 3.63) is 65.7 Å². The van der Waals surface area contributed by atoms with Crippen LogP contribution < -0.4 is 4.74 Å². The highest BCUT2D eigenvalue weighted by Crippen LogP contribution is 2.43. The number of fused-ring (bicyclic) bond motifs is 3. The van der Waals surface area contributed by atoms with Crippen LogP contribution in [-0.4, -0.2) is 4.57 Å². The lowest BCUT2D eigenvalue weighted by molar-refractivity contribution is 0.301. The SMILES string of the molecule is CCn1c(-c2ccccc2)c(C)c2c1-c1ccccc1OC2. The zero-order chi connectivity index (χ0) is 15.1. The molecule has 0 N–H and O–H groups in total. The maximum Gasteiger partial charge on any atom is 0.129 e. The zero-order valence-corrected chi connectivity index (χ0v) is 13.0. The number of ether oxygens (including phenoxy) is 1. The maximum atomic E-state index is 5.97. The molecule has 0 saturated carbocycles. The van der Waals surface area contributed by atoms with Crippen molar-refractivity contribution in [1.82, 2.24) is 4.57 Å². The minimum Gasteiger partial charge on any atom is -0.488 e. The second-order valence-electron chi connectivity index (χ2n) is 5.70. The van der Waals surface area contributed by atoms with Gasteiger partial charge in [0.2, 0.25) is 0 Å². The Labute approximate surface area is 131 Å². The summed E-state index contributed by atoms with van der Waals surface area (Å²) in [6, 6.07) is 19.0. The quantitative estimate of drug-likeness (QED) is 0.644. The van der Waals surface area contributed by atoms with E-state index >= 15 is 0 Å². The molecule has 0 radical (unpaired) electrons. The van der Waals surface area contributed by atoms with Crippen LogP contribution in [0.3, 0.4) is 0 Å². The third-order valence-corrected chi connectivity index (χ3v) is 4.51. The molecular formula is C20H19NO. The first-order valence-electron chi connectivity index (χ1n) is 7.80. The van der Waals surface area contributed by atoms with Crippen molar-refractivity contribution in [2.24, 2.45) is 0 Å². The first-order chi connectivity index (χ1) is 10.8. The summed E-state index contributed by atoms with van der Waals surface area (Å²) in [7, 11) is 0. The van der Waals surface area contributed by atoms with Crippen LogP contribution in [-0.2, 0) is 13.2 Å². The van der Waals surface area contributed by atoms with Gasteiger partial charge in [0.05, 0.1) is 11.4 Å². The third kappa shape index (κ3) is 1.80. The van der Waals surface area contributed by atoms with Gasteiger partial charge in [-0.3, -0.25) is 0 Å². The summed E-state index contributed by atoms with van der Waals surface area (Å²) >= 11 is 0. The van der Waals surface area contributed by atoms with Crippen molar-refractivity contribution in [2.45, 2.75) is 27.0 Å². The molecular weight excluding hydrogens is 270 g/mol. The van der Waals surface area contributed by atoms with Gasteiger partial charge in [0, 0.05) is 17.7 Å². The fourth-order valence-electron chi connectivity index (χ4n) is 3.50. The predicted octanol–water partition coefficient (Wildman–Crippen LogP) is 5.04. The summed E-state index contributed by atoms with van der Waals surface area (Å²) in [4.78, 5) is 0. The standard InChI is InChI=1S/C20H19NO/c1-3-21-19(15-9-5-4-6-10-15)14(2)17-13-22-18-12-8-7-11-16(18)20(17)21/h4-12H,3,13H2,1-2H3. The van der Waals surface area contributed by atoms with E-state index in [-0.39, 0.29) is 0 Å². The summed E-state index contributed by atoms with van der Waals surface area (Å²) in [5, 5.41) is 0. The number of hydrogen-bond acceptors (Lipinski definition) is 1. The molecule has 0 amide bonds. The van der Waals surface area contributed by atoms with Gasteiger partial charge < -0.3 is 9.30 Å². The minimum absolute atomic E-state index is 0.658. The molecule has 0 spiro atoms. The van der Waals surface area contributed by atoms with Crippen LogP contribution in [0.4, 0.5) is 0 Å². The molecule has 0 unspecified atom stereocenters. The Morgan fingerprint density at radius 1 is 0.955 bits per heavy atom. The second-order valence-corrected chi connectivity index (χ2v) is 5.70. The van der Waals surface area contributed by atoms with Gasteiger partial charge in [-0.05, 0) is 37.1 Å². The molecule has 2 heteroatoms. The highest BCUT2D eigenvalue weighted by molar-refractivity contribution is 5.80. The highest BCUT2D eigenvalue weighted by Gasteiger charge is 2.26. The van der Waals surface area contributed by atoms with E-state index in [0.29, 0.717) is 6.61 Å². The van der Waals surface area contributed by atoms with E-state index in [0.717, 1.165) is 12.3 Å². The molecule has 110 valence electrons. The monoisotopic (exact) mass is 289 g/mol. The van der Waals surface area contributed by atoms with Crippen LogP contribution in [0.15, 0.2) is 54.6 Å². The normalized spacial score (nSPS) is 12.5. The van der Waals surface area contributed by atoms with Crippen LogP contribution in [0.25, 0.3) is 22.5 Å². The average molecular weight is 289 g/mol. The maximum absolute atomic E-state index is 5.97. The van der Waals surface area contributed by atoms with Crippen LogP contribution in [0.2, 0.25) is 0 Å². The molecule has 0 atom stereocenters. The van der Waals surface area contributed by atoms with E-state index in [2.05, 4.69) is 66.9 Å². The Bertz CT molecular complexity index is 830. The lowest BCUT2D eigenvalue weighted by atomic mass is 10.0. The smallest absolute Gasteiger partial charge is 0.129 e. The van der Waals surface area contributed by atoms with Crippen LogP contribution >= 0.6 is 0 Å². The van der Waals surface area contributed by atoms with Gasteiger partial charge >= 0.3 is 0 Å². The van der Waals surface area contributed by atoms with E-state index in [1.165, 1.54) is 33.6 Å². The predicted molar refractivity (Wildman–Crippen MR) is 90.0 cm³/mol. The number of hydrogen-bond donors (Lipinski definition) is 0. The molecule has 0 aliphatic carbocycles. The van der Waals surface area contributed by atoms with Gasteiger partial charge in [0.25, 0.3) is 0 Å². The van der Waals surface area contributed by atoms with Crippen molar-refractivity contribution >= 4 is 0 Å². The second kappa shape index (κ2) is 5.06. The highest BCUT2D eigenvalue weighted by atomic mass is 16.5. The van der Waals surface area contributed by atoms with E-state index in [9.17, 15) is 0 Å². The zero-order valence-electron chi connectivity index (χ0n) is 13.0. The first-order valence-corrected chi connectivity index (χ1v) is 7.80. The lowest BCUT2D eigenvalue weighted by Gasteiger charge is -2.20. The fourth-order valence-corrected chi connectivity index (χ4v) is 3.50. The number of benzene rings is 2. The van der Waals surface area contributed by atoms with Crippen molar-refractivity contribution in [3.63, 3.8) is 0 Å². The Hall–Kier alpha value is -2.48. The fraction of sp³-hybridized carbons (Fsp3) is 0.200. The summed E-state index contributed by atoms with van der Waals surface area (Å²) in [6.45, 7) is 6.04. The molecule has 1 aromatic heterocycles. The molecule has 22 heavy (non-hydrogen) atoms. The molecule has 0 fully saturated rings. The van der Waals surface area contributed by atoms with Crippen LogP contribution in [0, 0.1) is 6.92 Å². The minimum atomic E-state index is 0.658. The number of rotatable bonds is 2. The van der Waals surface area contributed by atoms with Gasteiger partial charge in [-0.25, -0.2) is 0 Å². The van der Waals surface area contributed by atoms with E-state index in [1.807, 2.05) is 6.07 Å². The van der Waals surface area contributed by atoms with Gasteiger partial charge in [0.15, 0.2) is 0 Å². The summed E-state index contributed by atoms with van der Waals surface area (Å²) in [5.74, 6) is 0.988. The number of nitrogens with zero attached hydrogens (tertiary/aromatic N) is 1. The first kappa shape index (κ1) is 13.2. The average Bonchev–Trinajstić information content (AvgIpc) is 2.88. The Balaban J connectivity index is 2.04. The number of para-hydroxylation sites is 1. The van der Waals surface area contributed by atoms with E-state index in [1.54, 1.807) is 0 Å². The summed E-state index contributed by atoms with van der Waals surface area (Å²) in [5.41, 5.74) is 7.76. The molecule has 2 heterocycles. The molecule has 0 saturated heterocycles. The van der Waals surface area contributed by atoms with Crippen molar-refractivity contribution in [1.29, 1.82) is 0 Å². The Kier molecular flexibility index (Phi) is 3.04. The molecule has 1 aliphatic heterocycles. The third-order valence-electron chi connectivity index (χ3n) is 4.51. The Morgan fingerprint density at radius 2 is 1.68 bits per heavy atom. The van der Waals surface area contributed by atoms with Gasteiger partial charge in [0.1, 0.15) is 12.4 Å². The number of aromatic nitrogens is 1.